The average Bonchev–Trinajstić information content (AvgIpc) is 2.60. The molecule has 0 radical (unpaired) electrons. The molecule has 1 aromatic carbocycles. The summed E-state index contributed by atoms with van der Waals surface area (Å²) >= 11 is 12.5. The fraction of sp³-hybridized carbons (Fsp3) is 0.200. The molecule has 0 spiro atoms. The molecule has 2 rings (SSSR count). The first-order valence-corrected chi connectivity index (χ1v) is 6.76. The number of para-hydroxylation sites is 1. The van der Waals surface area contributed by atoms with E-state index >= 15 is 0 Å². The third kappa shape index (κ3) is 3.43. The van der Waals surface area contributed by atoms with Gasteiger partial charge in [-0.15, -0.1) is 5.10 Å². The van der Waals surface area contributed by atoms with Crippen LogP contribution < -0.4 is 4.74 Å². The molecular weight excluding hydrogens is 373 g/mol. The number of nitrogens with zero attached hydrogens (tertiary/aromatic N) is 3. The van der Waals surface area contributed by atoms with Gasteiger partial charge in [0.15, 0.2) is 4.73 Å². The molecule has 0 aliphatic heterocycles. The number of benzene rings is 1. The zero-order valence-electron chi connectivity index (χ0n) is 8.61. The van der Waals surface area contributed by atoms with Crippen LogP contribution in [0.2, 0.25) is 5.02 Å². The average molecular weight is 381 g/mol. The predicted molar refractivity (Wildman–Crippen MR) is 72.4 cm³/mol. The Hall–Kier alpha value is -0.590. The van der Waals surface area contributed by atoms with Crippen molar-refractivity contribution in [2.24, 2.45) is 0 Å². The van der Waals surface area contributed by atoms with E-state index in [-0.39, 0.29) is 0 Å². The van der Waals surface area contributed by atoms with Gasteiger partial charge in [0, 0.05) is 0 Å². The van der Waals surface area contributed by atoms with Gasteiger partial charge in [0.1, 0.15) is 12.4 Å². The molecule has 17 heavy (non-hydrogen) atoms. The van der Waals surface area contributed by atoms with E-state index in [9.17, 15) is 0 Å². The lowest BCUT2D eigenvalue weighted by Gasteiger charge is -2.07. The standard InChI is InChI=1S/C10H8Br2ClN3O/c11-9-14-10(12)16(15-9)5-6-17-8-4-2-1-3-7(8)13/h1-4H,5-6H2. The monoisotopic (exact) mass is 379 g/mol. The first kappa shape index (κ1) is 12.9. The van der Waals surface area contributed by atoms with Crippen molar-refractivity contribution < 1.29 is 4.74 Å². The summed E-state index contributed by atoms with van der Waals surface area (Å²) in [4.78, 5) is 4.06. The van der Waals surface area contributed by atoms with E-state index in [1.165, 1.54) is 0 Å². The Kier molecular flexibility index (Phi) is 4.42. The highest BCUT2D eigenvalue weighted by atomic mass is 79.9. The number of aromatic nitrogens is 3. The SMILES string of the molecule is Clc1ccccc1OCCn1nc(Br)nc1Br. The van der Waals surface area contributed by atoms with Crippen LogP contribution in [0.1, 0.15) is 0 Å². The maximum absolute atomic E-state index is 5.96. The molecule has 0 saturated heterocycles. The Morgan fingerprint density at radius 1 is 1.29 bits per heavy atom. The van der Waals surface area contributed by atoms with Crippen LogP contribution in [-0.2, 0) is 6.54 Å². The molecule has 4 nitrogen and oxygen atoms in total. The van der Waals surface area contributed by atoms with Gasteiger partial charge in [0.05, 0.1) is 11.6 Å². The lowest BCUT2D eigenvalue weighted by Crippen LogP contribution is -2.10. The minimum atomic E-state index is 0.470. The first-order valence-electron chi connectivity index (χ1n) is 4.80. The molecule has 2 aromatic rings. The highest BCUT2D eigenvalue weighted by molar-refractivity contribution is 9.11. The van der Waals surface area contributed by atoms with E-state index in [0.717, 1.165) is 0 Å². The number of hydrogen-bond donors (Lipinski definition) is 0. The molecule has 0 bridgehead atoms. The van der Waals surface area contributed by atoms with Crippen molar-refractivity contribution in [1.82, 2.24) is 14.8 Å². The molecule has 1 heterocycles. The minimum absolute atomic E-state index is 0.470. The van der Waals surface area contributed by atoms with Gasteiger partial charge in [-0.2, -0.15) is 4.98 Å². The number of hydrogen-bond acceptors (Lipinski definition) is 3. The maximum Gasteiger partial charge on any atom is 0.218 e. The summed E-state index contributed by atoms with van der Waals surface area (Å²) in [5.41, 5.74) is 0. The van der Waals surface area contributed by atoms with Crippen molar-refractivity contribution in [3.8, 4) is 5.75 Å². The quantitative estimate of drug-likeness (QED) is 0.813. The lowest BCUT2D eigenvalue weighted by atomic mass is 10.3. The van der Waals surface area contributed by atoms with Crippen LogP contribution in [0.25, 0.3) is 0 Å². The van der Waals surface area contributed by atoms with Crippen molar-refractivity contribution in [2.75, 3.05) is 6.61 Å². The van der Waals surface area contributed by atoms with Gasteiger partial charge in [-0.25, -0.2) is 4.68 Å². The van der Waals surface area contributed by atoms with Crippen molar-refractivity contribution in [2.45, 2.75) is 6.54 Å². The second-order valence-electron chi connectivity index (χ2n) is 3.15. The second kappa shape index (κ2) is 5.84. The van der Waals surface area contributed by atoms with Crippen LogP contribution >= 0.6 is 43.5 Å². The van der Waals surface area contributed by atoms with Crippen molar-refractivity contribution in [3.05, 3.63) is 38.8 Å². The normalized spacial score (nSPS) is 10.5. The van der Waals surface area contributed by atoms with Gasteiger partial charge in [0.2, 0.25) is 4.73 Å². The van der Waals surface area contributed by atoms with Crippen molar-refractivity contribution in [3.63, 3.8) is 0 Å². The number of rotatable bonds is 4. The predicted octanol–water partition coefficient (Wildman–Crippen LogP) is 3.54. The third-order valence-electron chi connectivity index (χ3n) is 2.00. The Balaban J connectivity index is 1.92. The maximum atomic E-state index is 5.96. The number of ether oxygens (including phenoxy) is 1. The molecule has 0 atom stereocenters. The molecule has 0 aliphatic rings. The summed E-state index contributed by atoms with van der Waals surface area (Å²) in [7, 11) is 0. The summed E-state index contributed by atoms with van der Waals surface area (Å²) in [5, 5.41) is 4.73. The Bertz CT molecular complexity index is 518. The first-order chi connectivity index (χ1) is 8.16. The van der Waals surface area contributed by atoms with Crippen LogP contribution in [0.3, 0.4) is 0 Å². The molecule has 0 fully saturated rings. The van der Waals surface area contributed by atoms with Gasteiger partial charge in [0.25, 0.3) is 0 Å². The highest BCUT2D eigenvalue weighted by Crippen LogP contribution is 2.23. The fourth-order valence-corrected chi connectivity index (χ4v) is 2.46. The Labute approximate surface area is 120 Å². The summed E-state index contributed by atoms with van der Waals surface area (Å²) in [6, 6.07) is 7.36. The molecule has 90 valence electrons. The summed E-state index contributed by atoms with van der Waals surface area (Å²) in [6.45, 7) is 1.06. The molecule has 0 N–H and O–H groups in total. The summed E-state index contributed by atoms with van der Waals surface area (Å²) in [6.07, 6.45) is 0. The Morgan fingerprint density at radius 3 is 2.71 bits per heavy atom. The van der Waals surface area contributed by atoms with E-state index in [1.807, 2.05) is 18.2 Å². The van der Waals surface area contributed by atoms with Crippen molar-refractivity contribution in [1.29, 1.82) is 0 Å². The van der Waals surface area contributed by atoms with Crippen LogP contribution in [0.4, 0.5) is 0 Å². The van der Waals surface area contributed by atoms with Gasteiger partial charge in [-0.05, 0) is 44.0 Å². The van der Waals surface area contributed by atoms with Crippen molar-refractivity contribution >= 4 is 43.5 Å². The smallest absolute Gasteiger partial charge is 0.218 e. The summed E-state index contributed by atoms with van der Waals surface area (Å²) in [5.74, 6) is 0.671. The molecule has 7 heteroatoms. The minimum Gasteiger partial charge on any atom is -0.490 e. The Morgan fingerprint density at radius 2 is 2.06 bits per heavy atom. The third-order valence-corrected chi connectivity index (χ3v) is 3.23. The molecule has 0 unspecified atom stereocenters. The summed E-state index contributed by atoms with van der Waals surface area (Å²) < 4.78 is 8.45. The molecule has 0 saturated carbocycles. The van der Waals surface area contributed by atoms with E-state index in [2.05, 4.69) is 41.9 Å². The lowest BCUT2D eigenvalue weighted by molar-refractivity contribution is 0.289. The van der Waals surface area contributed by atoms with E-state index in [0.29, 0.717) is 33.4 Å². The van der Waals surface area contributed by atoms with E-state index in [1.54, 1.807) is 10.7 Å². The topological polar surface area (TPSA) is 39.9 Å². The van der Waals surface area contributed by atoms with Gasteiger partial charge in [-0.3, -0.25) is 0 Å². The molecule has 0 amide bonds. The van der Waals surface area contributed by atoms with Gasteiger partial charge >= 0.3 is 0 Å². The zero-order chi connectivity index (χ0) is 12.3. The van der Waals surface area contributed by atoms with Crippen LogP contribution in [0.15, 0.2) is 33.7 Å². The van der Waals surface area contributed by atoms with Crippen LogP contribution in [0.5, 0.6) is 5.75 Å². The van der Waals surface area contributed by atoms with E-state index < -0.39 is 0 Å². The molecular formula is C10H8Br2ClN3O. The largest absolute Gasteiger partial charge is 0.490 e. The van der Waals surface area contributed by atoms with Gasteiger partial charge < -0.3 is 4.74 Å². The second-order valence-corrected chi connectivity index (χ2v) is 4.98. The fourth-order valence-electron chi connectivity index (χ4n) is 1.24. The molecule has 0 aliphatic carbocycles. The highest BCUT2D eigenvalue weighted by Gasteiger charge is 2.05. The van der Waals surface area contributed by atoms with Crippen LogP contribution in [0, 0.1) is 0 Å². The zero-order valence-corrected chi connectivity index (χ0v) is 12.5. The van der Waals surface area contributed by atoms with Gasteiger partial charge in [-0.1, -0.05) is 23.7 Å². The molecule has 1 aromatic heterocycles. The number of halogens is 3. The van der Waals surface area contributed by atoms with E-state index in [4.69, 9.17) is 16.3 Å². The van der Waals surface area contributed by atoms with Crippen LogP contribution in [-0.4, -0.2) is 21.4 Å².